The minimum atomic E-state index is 0.942. The first-order chi connectivity index (χ1) is 7.26. The van der Waals surface area contributed by atoms with Gasteiger partial charge in [0.2, 0.25) is 0 Å². The lowest BCUT2D eigenvalue weighted by molar-refractivity contribution is 0.507. The summed E-state index contributed by atoms with van der Waals surface area (Å²) in [6.45, 7) is 3.91. The molecule has 0 bridgehead atoms. The topological polar surface area (TPSA) is 33.4 Å². The van der Waals surface area contributed by atoms with Gasteiger partial charge in [-0.3, -0.25) is 0 Å². The molecule has 2 aromatic rings. The van der Waals surface area contributed by atoms with Crippen molar-refractivity contribution in [2.75, 3.05) is 6.26 Å². The molecule has 0 spiro atoms. The summed E-state index contributed by atoms with van der Waals surface area (Å²) in [6, 6.07) is 2.02. The van der Waals surface area contributed by atoms with Gasteiger partial charge < -0.3 is 0 Å². The quantitative estimate of drug-likeness (QED) is 0.684. The highest BCUT2D eigenvalue weighted by molar-refractivity contribution is 7.96. The summed E-state index contributed by atoms with van der Waals surface area (Å²) in [5, 5.41) is 4.37. The second-order valence-corrected chi connectivity index (χ2v) is 4.66. The molecule has 0 atom stereocenters. The number of rotatable bonds is 1. The molecule has 3 rings (SSSR count). The van der Waals surface area contributed by atoms with Gasteiger partial charge in [-0.15, -0.1) is 0 Å². The van der Waals surface area contributed by atoms with Gasteiger partial charge in [0.15, 0.2) is 5.65 Å². The van der Waals surface area contributed by atoms with Crippen LogP contribution in [0.2, 0.25) is 0 Å². The zero-order valence-corrected chi connectivity index (χ0v) is 9.58. The molecule has 0 unspecified atom stereocenters. The number of fused-ring (bicyclic) bond motifs is 2. The van der Waals surface area contributed by atoms with E-state index < -0.39 is 0 Å². The first-order valence-corrected chi connectivity index (χ1v) is 6.08. The van der Waals surface area contributed by atoms with Crippen molar-refractivity contribution in [3.05, 3.63) is 29.2 Å². The molecular weight excluding hydrogens is 208 g/mol. The fraction of sp³-hybridized carbons (Fsp3) is 0.400. The van der Waals surface area contributed by atoms with E-state index in [-0.39, 0.29) is 0 Å². The molecule has 3 heterocycles. The van der Waals surface area contributed by atoms with Gasteiger partial charge in [-0.1, -0.05) is 11.9 Å². The Bertz CT molecular complexity index is 476. The maximum Gasteiger partial charge on any atom is 0.155 e. The number of hydrogen-bond donors (Lipinski definition) is 0. The first kappa shape index (κ1) is 9.18. The highest BCUT2D eigenvalue weighted by Gasteiger charge is 2.20. The maximum absolute atomic E-state index is 4.62. The lowest BCUT2D eigenvalue weighted by Gasteiger charge is -2.07. The monoisotopic (exact) mass is 220 g/mol. The van der Waals surface area contributed by atoms with E-state index in [9.17, 15) is 0 Å². The Labute approximate surface area is 92.4 Å². The summed E-state index contributed by atoms with van der Waals surface area (Å²) in [5.74, 6) is 0. The third-order valence-electron chi connectivity index (χ3n) is 2.67. The van der Waals surface area contributed by atoms with Gasteiger partial charge in [-0.2, -0.15) is 5.10 Å². The molecule has 0 N–H and O–H groups in total. The van der Waals surface area contributed by atoms with Gasteiger partial charge in [0.25, 0.3) is 0 Å². The minimum absolute atomic E-state index is 0.942. The van der Waals surface area contributed by atoms with Crippen LogP contribution in [0.15, 0.2) is 12.3 Å². The normalized spacial score (nSPS) is 16.1. The van der Waals surface area contributed by atoms with Crippen molar-refractivity contribution in [2.24, 2.45) is 0 Å². The second kappa shape index (κ2) is 3.21. The van der Waals surface area contributed by atoms with E-state index in [0.717, 1.165) is 24.4 Å². The van der Waals surface area contributed by atoms with Crippen LogP contribution < -0.4 is 0 Å². The summed E-state index contributed by atoms with van der Waals surface area (Å²) in [4.78, 5) is 4.62. The van der Waals surface area contributed by atoms with Gasteiger partial charge in [-0.05, 0) is 13.2 Å². The fourth-order valence-corrected chi connectivity index (χ4v) is 2.44. The highest BCUT2D eigenvalue weighted by atomic mass is 32.2. The Balaban J connectivity index is 2.12. The lowest BCUT2D eigenvalue weighted by atomic mass is 10.3. The zero-order valence-electron chi connectivity index (χ0n) is 8.77. The number of aryl methyl sites for hydroxylation is 1. The zero-order chi connectivity index (χ0) is 10.4. The van der Waals surface area contributed by atoms with Crippen LogP contribution in [-0.4, -0.2) is 25.2 Å². The van der Waals surface area contributed by atoms with Gasteiger partial charge >= 0.3 is 0 Å². The van der Waals surface area contributed by atoms with Gasteiger partial charge in [-0.25, -0.2) is 13.8 Å². The molecule has 2 aromatic heterocycles. The van der Waals surface area contributed by atoms with Crippen LogP contribution >= 0.6 is 11.9 Å². The van der Waals surface area contributed by atoms with Crippen LogP contribution in [0.3, 0.4) is 0 Å². The van der Waals surface area contributed by atoms with Crippen LogP contribution in [0.25, 0.3) is 5.65 Å². The number of aromatic nitrogens is 3. The molecule has 78 valence electrons. The summed E-state index contributed by atoms with van der Waals surface area (Å²) in [6.07, 6.45) is 4.20. The average molecular weight is 220 g/mol. The van der Waals surface area contributed by atoms with Crippen LogP contribution in [0.1, 0.15) is 17.0 Å². The van der Waals surface area contributed by atoms with Gasteiger partial charge in [0.1, 0.15) is 0 Å². The molecule has 0 amide bonds. The Morgan fingerprint density at radius 1 is 1.40 bits per heavy atom. The first-order valence-electron chi connectivity index (χ1n) is 4.90. The molecule has 0 aliphatic carbocycles. The van der Waals surface area contributed by atoms with E-state index in [1.54, 1.807) is 11.9 Å². The summed E-state index contributed by atoms with van der Waals surface area (Å²) >= 11 is 1.76. The molecular formula is C10H12N4S. The molecule has 4 nitrogen and oxygen atoms in total. The molecule has 0 aromatic carbocycles. The van der Waals surface area contributed by atoms with Crippen molar-refractivity contribution >= 4 is 17.6 Å². The molecule has 1 aliphatic heterocycles. The molecule has 15 heavy (non-hydrogen) atoms. The van der Waals surface area contributed by atoms with Crippen molar-refractivity contribution in [3.8, 4) is 0 Å². The fourth-order valence-electron chi connectivity index (χ4n) is 1.92. The minimum Gasteiger partial charge on any atom is -0.240 e. The van der Waals surface area contributed by atoms with E-state index >= 15 is 0 Å². The average Bonchev–Trinajstić information content (AvgIpc) is 2.74. The highest BCUT2D eigenvalue weighted by Crippen LogP contribution is 2.25. The lowest BCUT2D eigenvalue weighted by Crippen LogP contribution is -2.04. The van der Waals surface area contributed by atoms with Crippen molar-refractivity contribution < 1.29 is 0 Å². The summed E-state index contributed by atoms with van der Waals surface area (Å²) in [7, 11) is 0. The van der Waals surface area contributed by atoms with Crippen molar-refractivity contribution in [3.63, 3.8) is 0 Å². The second-order valence-electron chi connectivity index (χ2n) is 3.78. The SMILES string of the molecule is CSN1Cc2cn3nc(C)cc3nc2C1. The molecule has 0 radical (unpaired) electrons. The maximum atomic E-state index is 4.62. The largest absolute Gasteiger partial charge is 0.240 e. The Morgan fingerprint density at radius 2 is 2.27 bits per heavy atom. The molecule has 0 fully saturated rings. The Morgan fingerprint density at radius 3 is 3.07 bits per heavy atom. The molecule has 0 saturated heterocycles. The standard InChI is InChI=1S/C10H12N4S/c1-7-3-10-11-9-6-13(15-2)4-8(9)5-14(10)12-7/h3,5H,4,6H2,1-2H3. The van der Waals surface area contributed by atoms with Crippen molar-refractivity contribution in [1.82, 2.24) is 18.9 Å². The smallest absolute Gasteiger partial charge is 0.155 e. The summed E-state index contributed by atoms with van der Waals surface area (Å²) < 4.78 is 4.17. The van der Waals surface area contributed by atoms with Gasteiger partial charge in [0, 0.05) is 24.4 Å². The van der Waals surface area contributed by atoms with Crippen molar-refractivity contribution in [2.45, 2.75) is 20.0 Å². The van der Waals surface area contributed by atoms with E-state index in [4.69, 9.17) is 0 Å². The van der Waals surface area contributed by atoms with Crippen LogP contribution in [0, 0.1) is 6.92 Å². The van der Waals surface area contributed by atoms with Crippen LogP contribution in [-0.2, 0) is 13.1 Å². The van der Waals surface area contributed by atoms with E-state index in [1.165, 1.54) is 11.3 Å². The van der Waals surface area contributed by atoms with E-state index in [2.05, 4.69) is 26.8 Å². The van der Waals surface area contributed by atoms with Gasteiger partial charge in [0.05, 0.1) is 17.9 Å². The Kier molecular flexibility index (Phi) is 1.97. The van der Waals surface area contributed by atoms with Crippen molar-refractivity contribution in [1.29, 1.82) is 0 Å². The summed E-state index contributed by atoms with van der Waals surface area (Å²) in [5.41, 5.74) is 4.46. The molecule has 5 heteroatoms. The third kappa shape index (κ3) is 1.42. The molecule has 0 saturated carbocycles. The van der Waals surface area contributed by atoms with Crippen LogP contribution in [0.5, 0.6) is 0 Å². The third-order valence-corrected chi connectivity index (χ3v) is 3.44. The van der Waals surface area contributed by atoms with E-state index in [1.807, 2.05) is 17.5 Å². The predicted molar refractivity (Wildman–Crippen MR) is 60.5 cm³/mol. The molecule has 1 aliphatic rings. The number of hydrogen-bond acceptors (Lipinski definition) is 4. The predicted octanol–water partition coefficient (Wildman–Crippen LogP) is 1.63. The van der Waals surface area contributed by atoms with Crippen LogP contribution in [0.4, 0.5) is 0 Å². The Hall–Kier alpha value is -1.07. The number of nitrogens with zero attached hydrogens (tertiary/aromatic N) is 4. The van der Waals surface area contributed by atoms with E-state index in [0.29, 0.717) is 0 Å².